The monoisotopic (exact) mass is 295 g/mol. The molecule has 1 aromatic heterocycles. The van der Waals surface area contributed by atoms with Crippen molar-refractivity contribution in [1.29, 1.82) is 0 Å². The van der Waals surface area contributed by atoms with E-state index in [9.17, 15) is 9.50 Å². The zero-order valence-corrected chi connectivity index (χ0v) is 12.6. The molecule has 3 nitrogen and oxygen atoms in total. The van der Waals surface area contributed by atoms with E-state index in [1.54, 1.807) is 17.4 Å². The zero-order valence-electron chi connectivity index (χ0n) is 11.8. The molecule has 1 N–H and O–H groups in total. The van der Waals surface area contributed by atoms with E-state index in [0.717, 1.165) is 10.7 Å². The van der Waals surface area contributed by atoms with Crippen LogP contribution >= 0.6 is 11.3 Å². The number of benzene rings is 1. The molecule has 1 aromatic carbocycles. The Morgan fingerprint density at radius 3 is 2.65 bits per heavy atom. The standard InChI is InChI=1S/C15H18FNO2S/c1-9(2)15-17-11(8-20-15)7-19-12-4-5-13(10(3)18)14(16)6-12/h4-6,8-10,18H,7H2,1-3H3/t10-/m0/s1. The fourth-order valence-corrected chi connectivity index (χ4v) is 2.57. The third-order valence-corrected chi connectivity index (χ3v) is 4.07. The minimum Gasteiger partial charge on any atom is -0.487 e. The summed E-state index contributed by atoms with van der Waals surface area (Å²) in [5.74, 6) is 0.376. The van der Waals surface area contributed by atoms with E-state index in [1.165, 1.54) is 19.1 Å². The summed E-state index contributed by atoms with van der Waals surface area (Å²) in [5, 5.41) is 12.4. The Kier molecular flexibility index (Phi) is 4.73. The summed E-state index contributed by atoms with van der Waals surface area (Å²) in [6, 6.07) is 4.48. The van der Waals surface area contributed by atoms with Gasteiger partial charge in [-0.05, 0) is 19.1 Å². The Balaban J connectivity index is 2.01. The Bertz CT molecular complexity index is 581. The second-order valence-corrected chi connectivity index (χ2v) is 5.87. The molecule has 1 heterocycles. The van der Waals surface area contributed by atoms with Gasteiger partial charge in [-0.2, -0.15) is 0 Å². The van der Waals surface area contributed by atoms with E-state index in [2.05, 4.69) is 18.8 Å². The van der Waals surface area contributed by atoms with Crippen LogP contribution in [0, 0.1) is 5.82 Å². The molecular weight excluding hydrogens is 277 g/mol. The summed E-state index contributed by atoms with van der Waals surface area (Å²) >= 11 is 1.60. The smallest absolute Gasteiger partial charge is 0.132 e. The maximum Gasteiger partial charge on any atom is 0.132 e. The fraction of sp³-hybridized carbons (Fsp3) is 0.400. The molecular formula is C15H18FNO2S. The van der Waals surface area contributed by atoms with E-state index in [0.29, 0.717) is 18.3 Å². The van der Waals surface area contributed by atoms with Crippen molar-refractivity contribution in [1.82, 2.24) is 4.98 Å². The predicted octanol–water partition coefficient (Wildman–Crippen LogP) is 4.04. The summed E-state index contributed by atoms with van der Waals surface area (Å²) in [5.41, 5.74) is 1.12. The average molecular weight is 295 g/mol. The van der Waals surface area contributed by atoms with Gasteiger partial charge in [-0.3, -0.25) is 0 Å². The second kappa shape index (κ2) is 6.33. The van der Waals surface area contributed by atoms with Crippen LogP contribution in [-0.2, 0) is 6.61 Å². The minimum absolute atomic E-state index is 0.271. The van der Waals surface area contributed by atoms with Crippen LogP contribution in [0.5, 0.6) is 5.75 Å². The molecule has 108 valence electrons. The number of ether oxygens (including phenoxy) is 1. The van der Waals surface area contributed by atoms with Gasteiger partial charge in [0.1, 0.15) is 18.2 Å². The molecule has 2 rings (SSSR count). The van der Waals surface area contributed by atoms with E-state index in [-0.39, 0.29) is 5.56 Å². The normalized spacial score (nSPS) is 12.7. The molecule has 0 bridgehead atoms. The Labute approximate surface area is 122 Å². The van der Waals surface area contributed by atoms with Crippen LogP contribution in [-0.4, -0.2) is 10.1 Å². The maximum absolute atomic E-state index is 13.7. The van der Waals surface area contributed by atoms with Crippen molar-refractivity contribution in [2.75, 3.05) is 0 Å². The van der Waals surface area contributed by atoms with Crippen molar-refractivity contribution in [3.63, 3.8) is 0 Å². The van der Waals surface area contributed by atoms with E-state index < -0.39 is 11.9 Å². The van der Waals surface area contributed by atoms with Gasteiger partial charge in [-0.15, -0.1) is 11.3 Å². The maximum atomic E-state index is 13.7. The van der Waals surface area contributed by atoms with E-state index in [4.69, 9.17) is 4.74 Å². The van der Waals surface area contributed by atoms with Gasteiger partial charge in [-0.25, -0.2) is 9.37 Å². The largest absolute Gasteiger partial charge is 0.487 e. The van der Waals surface area contributed by atoms with E-state index >= 15 is 0 Å². The van der Waals surface area contributed by atoms with Crippen LogP contribution < -0.4 is 4.74 Å². The van der Waals surface area contributed by atoms with Gasteiger partial charge >= 0.3 is 0 Å². The van der Waals surface area contributed by atoms with Crippen LogP contribution in [0.3, 0.4) is 0 Å². The average Bonchev–Trinajstić information content (AvgIpc) is 2.85. The molecule has 0 aliphatic heterocycles. The molecule has 0 aliphatic rings. The summed E-state index contributed by atoms with van der Waals surface area (Å²) in [4.78, 5) is 4.45. The lowest BCUT2D eigenvalue weighted by atomic mass is 10.1. The number of nitrogens with zero attached hydrogens (tertiary/aromatic N) is 1. The predicted molar refractivity (Wildman–Crippen MR) is 77.6 cm³/mol. The van der Waals surface area contributed by atoms with Crippen molar-refractivity contribution in [3.8, 4) is 5.75 Å². The second-order valence-electron chi connectivity index (χ2n) is 4.98. The number of aliphatic hydroxyl groups is 1. The molecule has 1 atom stereocenters. The van der Waals surface area contributed by atoms with Crippen molar-refractivity contribution in [3.05, 3.63) is 45.7 Å². The van der Waals surface area contributed by atoms with Crippen LogP contribution in [0.15, 0.2) is 23.6 Å². The number of hydrogen-bond acceptors (Lipinski definition) is 4. The first-order valence-electron chi connectivity index (χ1n) is 6.52. The van der Waals surface area contributed by atoms with Gasteiger partial charge in [0.25, 0.3) is 0 Å². The number of halogens is 1. The molecule has 0 fully saturated rings. The van der Waals surface area contributed by atoms with E-state index in [1.807, 2.05) is 5.38 Å². The third-order valence-electron chi connectivity index (χ3n) is 2.87. The highest BCUT2D eigenvalue weighted by atomic mass is 32.1. The molecule has 2 aromatic rings. The van der Waals surface area contributed by atoms with Crippen molar-refractivity contribution in [2.24, 2.45) is 0 Å². The molecule has 0 saturated carbocycles. The highest BCUT2D eigenvalue weighted by Crippen LogP contribution is 2.23. The van der Waals surface area contributed by atoms with Gasteiger partial charge < -0.3 is 9.84 Å². The number of hydrogen-bond donors (Lipinski definition) is 1. The molecule has 0 spiro atoms. The molecule has 5 heteroatoms. The van der Waals surface area contributed by atoms with Crippen LogP contribution in [0.1, 0.15) is 49.1 Å². The first-order valence-corrected chi connectivity index (χ1v) is 7.40. The van der Waals surface area contributed by atoms with Gasteiger partial charge in [0.05, 0.1) is 16.8 Å². The Morgan fingerprint density at radius 2 is 2.10 bits per heavy atom. The van der Waals surface area contributed by atoms with Crippen LogP contribution in [0.25, 0.3) is 0 Å². The minimum atomic E-state index is -0.823. The molecule has 0 amide bonds. The summed E-state index contributed by atoms with van der Waals surface area (Å²) < 4.78 is 19.2. The van der Waals surface area contributed by atoms with Crippen LogP contribution in [0.2, 0.25) is 0 Å². The summed E-state index contributed by atoms with van der Waals surface area (Å²) in [6.45, 7) is 6.03. The van der Waals surface area contributed by atoms with Crippen molar-refractivity contribution in [2.45, 2.75) is 39.4 Å². The number of thiazole rings is 1. The number of aliphatic hydroxyl groups excluding tert-OH is 1. The quantitative estimate of drug-likeness (QED) is 0.905. The zero-order chi connectivity index (χ0) is 14.7. The number of aromatic nitrogens is 1. The molecule has 0 aliphatic carbocycles. The van der Waals surface area contributed by atoms with Gasteiger partial charge in [0.2, 0.25) is 0 Å². The third kappa shape index (κ3) is 3.55. The highest BCUT2D eigenvalue weighted by molar-refractivity contribution is 7.09. The van der Waals surface area contributed by atoms with Gasteiger partial charge in [0.15, 0.2) is 0 Å². The molecule has 20 heavy (non-hydrogen) atoms. The Hall–Kier alpha value is -1.46. The van der Waals surface area contributed by atoms with Crippen molar-refractivity contribution >= 4 is 11.3 Å². The van der Waals surface area contributed by atoms with Crippen molar-refractivity contribution < 1.29 is 14.2 Å². The topological polar surface area (TPSA) is 42.4 Å². The lowest BCUT2D eigenvalue weighted by Gasteiger charge is -2.09. The first kappa shape index (κ1) is 14.9. The first-order chi connectivity index (χ1) is 9.47. The lowest BCUT2D eigenvalue weighted by molar-refractivity contribution is 0.193. The fourth-order valence-electron chi connectivity index (χ4n) is 1.75. The van der Waals surface area contributed by atoms with Crippen LogP contribution in [0.4, 0.5) is 4.39 Å². The summed E-state index contributed by atoms with van der Waals surface area (Å²) in [6.07, 6.45) is -0.823. The van der Waals surface area contributed by atoms with Gasteiger partial charge in [-0.1, -0.05) is 13.8 Å². The molecule has 0 saturated heterocycles. The molecule has 0 unspecified atom stereocenters. The number of rotatable bonds is 5. The van der Waals surface area contributed by atoms with Gasteiger partial charge in [0, 0.05) is 22.9 Å². The highest BCUT2D eigenvalue weighted by Gasteiger charge is 2.10. The molecule has 0 radical (unpaired) electrons. The summed E-state index contributed by atoms with van der Waals surface area (Å²) in [7, 11) is 0. The Morgan fingerprint density at radius 1 is 1.35 bits per heavy atom. The SMILES string of the molecule is CC(C)c1nc(COc2ccc([C@H](C)O)c(F)c2)cs1. The lowest BCUT2D eigenvalue weighted by Crippen LogP contribution is -2.00.